The van der Waals surface area contributed by atoms with Crippen molar-refractivity contribution >= 4 is 25.4 Å². The predicted molar refractivity (Wildman–Crippen MR) is 81.0 cm³/mol. The molecular weight excluding hydrogens is 253 g/mol. The van der Waals surface area contributed by atoms with Crippen LogP contribution in [0.4, 0.5) is 5.69 Å². The molecule has 5 heteroatoms. The van der Waals surface area contributed by atoms with Gasteiger partial charge in [-0.1, -0.05) is 30.3 Å². The highest BCUT2D eigenvalue weighted by molar-refractivity contribution is 6.18. The molecular formula is C15H14BNO3. The third-order valence-corrected chi connectivity index (χ3v) is 3.14. The van der Waals surface area contributed by atoms with Gasteiger partial charge in [-0.15, -0.1) is 0 Å². The van der Waals surface area contributed by atoms with E-state index >= 15 is 0 Å². The minimum atomic E-state index is -0.965. The van der Waals surface area contributed by atoms with Crippen molar-refractivity contribution in [2.24, 2.45) is 0 Å². The van der Waals surface area contributed by atoms with Crippen LogP contribution in [0.25, 0.3) is 11.1 Å². The van der Waals surface area contributed by atoms with Gasteiger partial charge in [0, 0.05) is 11.3 Å². The molecule has 0 aliphatic heterocycles. The number of carboxylic acid groups (broad SMARTS) is 1. The fraction of sp³-hybridized carbons (Fsp3) is 0.0667. The van der Waals surface area contributed by atoms with Crippen molar-refractivity contribution in [3.63, 3.8) is 0 Å². The van der Waals surface area contributed by atoms with Crippen molar-refractivity contribution in [1.29, 1.82) is 0 Å². The number of Topliss-reactive ketones (excluding diaryl/α,β-unsaturated/α-hetero) is 1. The molecule has 0 aromatic heterocycles. The second kappa shape index (κ2) is 5.61. The molecule has 0 unspecified atom stereocenters. The zero-order valence-corrected chi connectivity index (χ0v) is 11.3. The molecule has 2 N–H and O–H groups in total. The summed E-state index contributed by atoms with van der Waals surface area (Å²) >= 11 is 0. The fourth-order valence-corrected chi connectivity index (χ4v) is 2.01. The number of hydrogen-bond acceptors (Lipinski definition) is 3. The van der Waals surface area contributed by atoms with E-state index < -0.39 is 5.97 Å². The van der Waals surface area contributed by atoms with Crippen LogP contribution in [-0.4, -0.2) is 24.8 Å². The molecule has 0 saturated carbocycles. The summed E-state index contributed by atoms with van der Waals surface area (Å²) in [7, 11) is 1.68. The van der Waals surface area contributed by atoms with E-state index in [4.69, 9.17) is 5.11 Å². The van der Waals surface area contributed by atoms with Gasteiger partial charge in [0.1, 0.15) is 0 Å². The molecule has 2 aromatic carbocycles. The Morgan fingerprint density at radius 3 is 2.15 bits per heavy atom. The van der Waals surface area contributed by atoms with E-state index in [0.29, 0.717) is 11.3 Å². The third-order valence-electron chi connectivity index (χ3n) is 3.14. The lowest BCUT2D eigenvalue weighted by atomic mass is 10.00. The summed E-state index contributed by atoms with van der Waals surface area (Å²) in [6, 6.07) is 12.4. The van der Waals surface area contributed by atoms with Crippen LogP contribution in [-0.2, 0) is 0 Å². The highest BCUT2D eigenvalue weighted by Crippen LogP contribution is 2.26. The average molecular weight is 267 g/mol. The van der Waals surface area contributed by atoms with E-state index in [1.165, 1.54) is 6.92 Å². The van der Waals surface area contributed by atoms with Crippen LogP contribution in [0.15, 0.2) is 42.5 Å². The highest BCUT2D eigenvalue weighted by Gasteiger charge is 2.10. The van der Waals surface area contributed by atoms with E-state index in [-0.39, 0.29) is 11.3 Å². The van der Waals surface area contributed by atoms with Crippen LogP contribution < -0.4 is 5.23 Å². The molecule has 0 atom stereocenters. The lowest BCUT2D eigenvalue weighted by Gasteiger charge is -2.09. The van der Waals surface area contributed by atoms with Crippen molar-refractivity contribution in [2.45, 2.75) is 6.92 Å². The Morgan fingerprint density at radius 2 is 1.65 bits per heavy atom. The second-order valence-electron chi connectivity index (χ2n) is 4.45. The number of carbonyl (C=O) groups excluding carboxylic acids is 1. The van der Waals surface area contributed by atoms with Crippen LogP contribution in [0.2, 0.25) is 0 Å². The van der Waals surface area contributed by atoms with Crippen LogP contribution >= 0.6 is 0 Å². The monoisotopic (exact) mass is 267 g/mol. The molecule has 0 heterocycles. The van der Waals surface area contributed by atoms with Crippen LogP contribution in [0.5, 0.6) is 0 Å². The molecule has 100 valence electrons. The van der Waals surface area contributed by atoms with Crippen LogP contribution in [0.3, 0.4) is 0 Å². The summed E-state index contributed by atoms with van der Waals surface area (Å²) in [5.41, 5.74) is 3.28. The molecule has 0 fully saturated rings. The van der Waals surface area contributed by atoms with E-state index in [1.54, 1.807) is 38.3 Å². The minimum absolute atomic E-state index is 0.0219. The van der Waals surface area contributed by atoms with Crippen LogP contribution in [0.1, 0.15) is 27.6 Å². The first-order valence-corrected chi connectivity index (χ1v) is 6.19. The Labute approximate surface area is 117 Å². The van der Waals surface area contributed by atoms with Crippen molar-refractivity contribution in [2.75, 3.05) is 5.23 Å². The lowest BCUT2D eigenvalue weighted by molar-refractivity contribution is 0.0698. The quantitative estimate of drug-likeness (QED) is 0.658. The number of rotatable bonds is 4. The number of carbonyl (C=O) groups is 2. The molecule has 0 aliphatic carbocycles. The molecule has 2 rings (SSSR count). The van der Waals surface area contributed by atoms with E-state index in [1.807, 2.05) is 12.1 Å². The number of carboxylic acids is 1. The van der Waals surface area contributed by atoms with Crippen LogP contribution in [0, 0.1) is 0 Å². The van der Waals surface area contributed by atoms with Gasteiger partial charge in [-0.05, 0) is 30.2 Å². The summed E-state index contributed by atoms with van der Waals surface area (Å²) in [6.07, 6.45) is 0. The summed E-state index contributed by atoms with van der Waals surface area (Å²) in [5.74, 6) is -0.943. The molecule has 0 radical (unpaired) electrons. The normalized spacial score (nSPS) is 10.1. The predicted octanol–water partition coefficient (Wildman–Crippen LogP) is 2.21. The SMILES string of the molecule is BNc1cc(-c2ccc(C(C)=O)cc2)ccc1C(=O)O. The van der Waals surface area contributed by atoms with Crippen molar-refractivity contribution in [3.8, 4) is 11.1 Å². The summed E-state index contributed by atoms with van der Waals surface area (Å²) < 4.78 is 0. The van der Waals surface area contributed by atoms with Gasteiger partial charge >= 0.3 is 5.97 Å². The first kappa shape index (κ1) is 13.9. The summed E-state index contributed by atoms with van der Waals surface area (Å²) in [5, 5.41) is 12.0. The smallest absolute Gasteiger partial charge is 0.337 e. The molecule has 0 spiro atoms. The Kier molecular flexibility index (Phi) is 3.89. The number of ketones is 1. The van der Waals surface area contributed by atoms with Gasteiger partial charge in [0.05, 0.1) is 5.56 Å². The molecule has 4 nitrogen and oxygen atoms in total. The first-order valence-electron chi connectivity index (χ1n) is 6.19. The highest BCUT2D eigenvalue weighted by atomic mass is 16.4. The van der Waals surface area contributed by atoms with Crippen molar-refractivity contribution in [3.05, 3.63) is 53.6 Å². The Bertz CT molecular complexity index is 665. The first-order chi connectivity index (χ1) is 9.52. The maximum absolute atomic E-state index is 11.2. The van der Waals surface area contributed by atoms with Gasteiger partial charge in [0.15, 0.2) is 5.78 Å². The number of anilines is 1. The number of aromatic carboxylic acids is 1. The molecule has 0 bridgehead atoms. The fourth-order valence-electron chi connectivity index (χ4n) is 2.01. The number of benzene rings is 2. The van der Waals surface area contributed by atoms with Gasteiger partial charge < -0.3 is 10.3 Å². The van der Waals surface area contributed by atoms with Crippen molar-refractivity contribution in [1.82, 2.24) is 0 Å². The Hall–Kier alpha value is -2.56. The Balaban J connectivity index is 2.42. The topological polar surface area (TPSA) is 66.4 Å². The van der Waals surface area contributed by atoms with E-state index in [9.17, 15) is 9.59 Å². The largest absolute Gasteiger partial charge is 0.478 e. The zero-order chi connectivity index (χ0) is 14.7. The molecule has 0 saturated heterocycles. The summed E-state index contributed by atoms with van der Waals surface area (Å²) in [4.78, 5) is 22.3. The molecule has 20 heavy (non-hydrogen) atoms. The van der Waals surface area contributed by atoms with E-state index in [0.717, 1.165) is 11.1 Å². The molecule has 0 aliphatic rings. The van der Waals surface area contributed by atoms with Gasteiger partial charge in [0.2, 0.25) is 7.98 Å². The molecule has 2 aromatic rings. The van der Waals surface area contributed by atoms with Gasteiger partial charge in [-0.3, -0.25) is 4.79 Å². The third kappa shape index (κ3) is 2.72. The van der Waals surface area contributed by atoms with Gasteiger partial charge in [0.25, 0.3) is 0 Å². The number of nitrogens with one attached hydrogen (secondary N) is 1. The van der Waals surface area contributed by atoms with Crippen molar-refractivity contribution < 1.29 is 14.7 Å². The minimum Gasteiger partial charge on any atom is -0.478 e. The maximum Gasteiger partial charge on any atom is 0.337 e. The summed E-state index contributed by atoms with van der Waals surface area (Å²) in [6.45, 7) is 1.52. The second-order valence-corrected chi connectivity index (χ2v) is 4.45. The molecule has 0 amide bonds. The average Bonchev–Trinajstić information content (AvgIpc) is 2.46. The van der Waals surface area contributed by atoms with Gasteiger partial charge in [-0.2, -0.15) is 0 Å². The number of hydrogen-bond donors (Lipinski definition) is 2. The van der Waals surface area contributed by atoms with E-state index in [2.05, 4.69) is 5.23 Å². The maximum atomic E-state index is 11.2. The zero-order valence-electron chi connectivity index (χ0n) is 11.3. The Morgan fingerprint density at radius 1 is 1.05 bits per heavy atom. The lowest BCUT2D eigenvalue weighted by Crippen LogP contribution is -2.03. The standard InChI is InChI=1S/C15H14BNO3/c1-9(18)10-2-4-11(5-3-10)12-6-7-13(15(19)20)14(8-12)17-16/h2-8,17H,16H2,1H3,(H,19,20). The van der Waals surface area contributed by atoms with Gasteiger partial charge in [-0.25, -0.2) is 4.79 Å².